The predicted octanol–water partition coefficient (Wildman–Crippen LogP) is 2.45. The Balaban J connectivity index is 2.32. The molecule has 0 radical (unpaired) electrons. The molecule has 0 amide bonds. The zero-order chi connectivity index (χ0) is 14.1. The molecule has 0 unspecified atom stereocenters. The van der Waals surface area contributed by atoms with Crippen LogP contribution in [0.1, 0.15) is 0 Å². The van der Waals surface area contributed by atoms with Crippen molar-refractivity contribution < 1.29 is 9.84 Å². The molecule has 7 heteroatoms. The second-order valence-electron chi connectivity index (χ2n) is 3.95. The third-order valence-electron chi connectivity index (χ3n) is 2.79. The van der Waals surface area contributed by atoms with Gasteiger partial charge in [0.25, 0.3) is 0 Å². The summed E-state index contributed by atoms with van der Waals surface area (Å²) in [5, 5.41) is 10.6. The Morgan fingerprint density at radius 1 is 1.20 bits per heavy atom. The normalized spacial score (nSPS) is 10.7. The molecule has 0 saturated carbocycles. The summed E-state index contributed by atoms with van der Waals surface area (Å²) in [6, 6.07) is 3.48. The number of hydrogen-bond donors (Lipinski definition) is 1. The topological polar surface area (TPSA) is 81.0 Å². The second kappa shape index (κ2) is 4.90. The molecule has 0 fully saturated rings. The van der Waals surface area contributed by atoms with Gasteiger partial charge in [-0.2, -0.15) is 4.98 Å². The Kier molecular flexibility index (Phi) is 3.08. The van der Waals surface area contributed by atoms with Crippen LogP contribution in [0.3, 0.4) is 0 Å². The van der Waals surface area contributed by atoms with Gasteiger partial charge in [0.2, 0.25) is 5.88 Å². The van der Waals surface area contributed by atoms with Gasteiger partial charge in [-0.3, -0.25) is 4.98 Å². The van der Waals surface area contributed by atoms with Crippen LogP contribution in [0.15, 0.2) is 30.7 Å². The number of aromatic nitrogens is 4. The zero-order valence-electron chi connectivity index (χ0n) is 10.4. The fourth-order valence-corrected chi connectivity index (χ4v) is 2.04. The van der Waals surface area contributed by atoms with Gasteiger partial charge < -0.3 is 9.84 Å². The number of ether oxygens (including phenoxy) is 1. The summed E-state index contributed by atoms with van der Waals surface area (Å²) in [7, 11) is 1.47. The van der Waals surface area contributed by atoms with Gasteiger partial charge in [0.15, 0.2) is 16.7 Å². The number of fused-ring (bicyclic) bond motifs is 1. The van der Waals surface area contributed by atoms with Gasteiger partial charge in [0, 0.05) is 18.0 Å². The summed E-state index contributed by atoms with van der Waals surface area (Å²) in [6.45, 7) is 0. The van der Waals surface area contributed by atoms with Gasteiger partial charge >= 0.3 is 0 Å². The molecule has 20 heavy (non-hydrogen) atoms. The lowest BCUT2D eigenvalue weighted by molar-refractivity contribution is 0.412. The molecule has 1 N–H and O–H groups in total. The fourth-order valence-electron chi connectivity index (χ4n) is 1.85. The Bertz CT molecular complexity index is 780. The summed E-state index contributed by atoms with van der Waals surface area (Å²) in [5.41, 5.74) is 1.06. The predicted molar refractivity (Wildman–Crippen MR) is 73.8 cm³/mol. The molecule has 0 aliphatic carbocycles. The van der Waals surface area contributed by atoms with Crippen molar-refractivity contribution in [2.24, 2.45) is 0 Å². The first-order chi connectivity index (χ1) is 9.70. The highest BCUT2D eigenvalue weighted by atomic mass is 35.5. The first-order valence-corrected chi connectivity index (χ1v) is 6.08. The van der Waals surface area contributed by atoms with E-state index in [1.165, 1.54) is 13.3 Å². The van der Waals surface area contributed by atoms with Crippen molar-refractivity contribution in [2.75, 3.05) is 7.11 Å². The van der Waals surface area contributed by atoms with Gasteiger partial charge in [0.1, 0.15) is 10.9 Å². The van der Waals surface area contributed by atoms with Crippen LogP contribution in [0.25, 0.3) is 22.3 Å². The number of pyridine rings is 2. The summed E-state index contributed by atoms with van der Waals surface area (Å²) in [4.78, 5) is 16.3. The summed E-state index contributed by atoms with van der Waals surface area (Å²) < 4.78 is 5.14. The average molecular weight is 289 g/mol. The van der Waals surface area contributed by atoms with E-state index in [4.69, 9.17) is 16.3 Å². The Hall–Kier alpha value is -2.47. The first kappa shape index (κ1) is 12.6. The number of nitrogens with zero attached hydrogens (tertiary/aromatic N) is 4. The highest BCUT2D eigenvalue weighted by Gasteiger charge is 2.16. The summed E-state index contributed by atoms with van der Waals surface area (Å²) >= 11 is 6.04. The van der Waals surface area contributed by atoms with Crippen LogP contribution in [-0.2, 0) is 0 Å². The lowest BCUT2D eigenvalue weighted by Crippen LogP contribution is -1.96. The van der Waals surface area contributed by atoms with Gasteiger partial charge in [-0.05, 0) is 12.1 Å². The highest BCUT2D eigenvalue weighted by molar-refractivity contribution is 6.34. The van der Waals surface area contributed by atoms with Gasteiger partial charge in [-0.25, -0.2) is 9.97 Å². The van der Waals surface area contributed by atoms with E-state index in [9.17, 15) is 5.11 Å². The van der Waals surface area contributed by atoms with Gasteiger partial charge in [0.05, 0.1) is 13.3 Å². The molecule has 3 aromatic heterocycles. The van der Waals surface area contributed by atoms with E-state index in [0.29, 0.717) is 22.5 Å². The fraction of sp³-hybridized carbons (Fsp3) is 0.0769. The van der Waals surface area contributed by atoms with Gasteiger partial charge in [-0.1, -0.05) is 11.6 Å². The minimum Gasteiger partial charge on any atom is -0.494 e. The molecule has 0 aliphatic rings. The van der Waals surface area contributed by atoms with Crippen LogP contribution in [-0.4, -0.2) is 32.2 Å². The van der Waals surface area contributed by atoms with E-state index in [0.717, 1.165) is 5.56 Å². The van der Waals surface area contributed by atoms with E-state index >= 15 is 0 Å². The Morgan fingerprint density at radius 3 is 2.65 bits per heavy atom. The first-order valence-electron chi connectivity index (χ1n) is 5.70. The smallest absolute Gasteiger partial charge is 0.226 e. The molecule has 3 aromatic rings. The molecule has 3 heterocycles. The molecular formula is C13H9ClN4O2. The molecule has 0 saturated heterocycles. The van der Waals surface area contributed by atoms with Gasteiger partial charge in [-0.15, -0.1) is 0 Å². The SMILES string of the molecule is COc1cnc(Cl)c2nc(-c3ccncc3)nc(O)c12. The highest BCUT2D eigenvalue weighted by Crippen LogP contribution is 2.35. The maximum Gasteiger partial charge on any atom is 0.226 e. The number of rotatable bonds is 2. The van der Waals surface area contributed by atoms with E-state index < -0.39 is 0 Å². The Morgan fingerprint density at radius 2 is 1.95 bits per heavy atom. The number of methoxy groups -OCH3 is 1. The number of hydrogen-bond acceptors (Lipinski definition) is 6. The molecular weight excluding hydrogens is 280 g/mol. The van der Waals surface area contributed by atoms with Crippen molar-refractivity contribution in [2.45, 2.75) is 0 Å². The van der Waals surface area contributed by atoms with Crippen molar-refractivity contribution in [3.63, 3.8) is 0 Å². The Labute approximate surface area is 119 Å². The van der Waals surface area contributed by atoms with Crippen molar-refractivity contribution in [3.05, 3.63) is 35.9 Å². The van der Waals surface area contributed by atoms with E-state index in [2.05, 4.69) is 19.9 Å². The second-order valence-corrected chi connectivity index (χ2v) is 4.31. The molecule has 3 rings (SSSR count). The van der Waals surface area contributed by atoms with Crippen molar-refractivity contribution in [3.8, 4) is 23.0 Å². The van der Waals surface area contributed by atoms with Crippen LogP contribution in [0.2, 0.25) is 5.15 Å². The van der Waals surface area contributed by atoms with Crippen molar-refractivity contribution in [1.29, 1.82) is 0 Å². The molecule has 0 aromatic carbocycles. The largest absolute Gasteiger partial charge is 0.494 e. The average Bonchev–Trinajstić information content (AvgIpc) is 2.49. The van der Waals surface area contributed by atoms with Crippen LogP contribution in [0.5, 0.6) is 11.6 Å². The minimum atomic E-state index is -0.206. The van der Waals surface area contributed by atoms with E-state index in [1.54, 1.807) is 24.5 Å². The standard InChI is InChI=1S/C13H9ClN4O2/c1-20-8-6-16-11(14)10-9(8)13(19)18-12(17-10)7-2-4-15-5-3-7/h2-6H,1H3,(H,17,18,19). The number of halogens is 1. The maximum absolute atomic E-state index is 10.1. The number of aromatic hydroxyl groups is 1. The van der Waals surface area contributed by atoms with E-state index in [-0.39, 0.29) is 11.0 Å². The monoisotopic (exact) mass is 288 g/mol. The van der Waals surface area contributed by atoms with Crippen molar-refractivity contribution in [1.82, 2.24) is 19.9 Å². The maximum atomic E-state index is 10.1. The quantitative estimate of drug-likeness (QED) is 0.730. The van der Waals surface area contributed by atoms with Crippen molar-refractivity contribution >= 4 is 22.5 Å². The third-order valence-corrected chi connectivity index (χ3v) is 3.06. The lowest BCUT2D eigenvalue weighted by atomic mass is 10.2. The molecule has 0 bridgehead atoms. The lowest BCUT2D eigenvalue weighted by Gasteiger charge is -2.08. The molecule has 0 atom stereocenters. The molecule has 0 spiro atoms. The molecule has 100 valence electrons. The van der Waals surface area contributed by atoms with Crippen LogP contribution in [0, 0.1) is 0 Å². The van der Waals surface area contributed by atoms with Crippen LogP contribution in [0.4, 0.5) is 0 Å². The third kappa shape index (κ3) is 2.00. The van der Waals surface area contributed by atoms with Crippen LogP contribution < -0.4 is 4.74 Å². The van der Waals surface area contributed by atoms with Crippen LogP contribution >= 0.6 is 11.6 Å². The summed E-state index contributed by atoms with van der Waals surface area (Å²) in [5.74, 6) is 0.500. The minimum absolute atomic E-state index is 0.175. The van der Waals surface area contributed by atoms with E-state index in [1.807, 2.05) is 0 Å². The zero-order valence-corrected chi connectivity index (χ0v) is 11.2. The summed E-state index contributed by atoms with van der Waals surface area (Å²) in [6.07, 6.45) is 4.65. The molecule has 0 aliphatic heterocycles. The molecule has 6 nitrogen and oxygen atoms in total.